The largest absolute Gasteiger partial charge is 0.368 e. The summed E-state index contributed by atoms with van der Waals surface area (Å²) >= 11 is 12.0. The molecule has 0 amide bonds. The van der Waals surface area contributed by atoms with Crippen molar-refractivity contribution in [1.82, 2.24) is 9.97 Å². The highest BCUT2D eigenvalue weighted by atomic mass is 35.5. The third-order valence-corrected chi connectivity index (χ3v) is 2.92. The van der Waals surface area contributed by atoms with E-state index in [1.807, 2.05) is 0 Å². The average molecular weight is 285 g/mol. The van der Waals surface area contributed by atoms with Gasteiger partial charge >= 0.3 is 0 Å². The van der Waals surface area contributed by atoms with E-state index in [4.69, 9.17) is 34.8 Å². The van der Waals surface area contributed by atoms with Crippen LogP contribution >= 0.6 is 23.2 Å². The summed E-state index contributed by atoms with van der Waals surface area (Å²) in [4.78, 5) is 7.87. The second-order valence-corrected chi connectivity index (χ2v) is 4.15. The molecular formula is C10H10Cl2N6. The molecule has 0 aliphatic rings. The van der Waals surface area contributed by atoms with Crippen LogP contribution in [-0.2, 0) is 0 Å². The van der Waals surface area contributed by atoms with Crippen molar-refractivity contribution in [3.63, 3.8) is 0 Å². The highest BCUT2D eigenvalue weighted by Crippen LogP contribution is 2.31. The molecular weight excluding hydrogens is 275 g/mol. The Balaban J connectivity index is 2.34. The van der Waals surface area contributed by atoms with Crippen LogP contribution in [-0.4, -0.2) is 9.97 Å². The monoisotopic (exact) mass is 284 g/mol. The normalized spacial score (nSPS) is 10.2. The second kappa shape index (κ2) is 5.26. The molecule has 94 valence electrons. The van der Waals surface area contributed by atoms with Crippen molar-refractivity contribution >= 4 is 46.5 Å². The van der Waals surface area contributed by atoms with Gasteiger partial charge < -0.3 is 16.5 Å². The Bertz CT molecular complexity index is 574. The number of hydrogen-bond donors (Lipinski definition) is 4. The van der Waals surface area contributed by atoms with E-state index >= 15 is 0 Å². The number of hydrogen-bond acceptors (Lipinski definition) is 6. The first-order chi connectivity index (χ1) is 8.60. The summed E-state index contributed by atoms with van der Waals surface area (Å²) in [5, 5.41) is 3.83. The number of hydrazine groups is 1. The van der Waals surface area contributed by atoms with Crippen LogP contribution < -0.4 is 22.3 Å². The van der Waals surface area contributed by atoms with Crippen molar-refractivity contribution in [3.8, 4) is 0 Å². The Kier molecular flexibility index (Phi) is 3.71. The number of nitrogen functional groups attached to an aromatic ring is 2. The Labute approximate surface area is 113 Å². The van der Waals surface area contributed by atoms with Crippen LogP contribution in [0.3, 0.4) is 0 Å². The molecule has 0 saturated carbocycles. The van der Waals surface area contributed by atoms with Gasteiger partial charge in [-0.15, -0.1) is 0 Å². The van der Waals surface area contributed by atoms with Crippen molar-refractivity contribution in [2.75, 3.05) is 16.5 Å². The average Bonchev–Trinajstić information content (AvgIpc) is 2.34. The highest BCUT2D eigenvalue weighted by Gasteiger charge is 2.07. The van der Waals surface area contributed by atoms with Crippen LogP contribution in [0.25, 0.3) is 0 Å². The molecule has 1 aromatic heterocycles. The maximum Gasteiger partial charge on any atom is 0.223 e. The molecule has 0 fully saturated rings. The number of nitrogens with zero attached hydrogens (tertiary/aromatic N) is 2. The van der Waals surface area contributed by atoms with Crippen molar-refractivity contribution in [3.05, 3.63) is 34.3 Å². The third-order valence-electron chi connectivity index (χ3n) is 2.11. The Hall–Kier alpha value is -1.76. The lowest BCUT2D eigenvalue weighted by molar-refractivity contribution is 1.15. The fourth-order valence-electron chi connectivity index (χ4n) is 1.34. The van der Waals surface area contributed by atoms with Gasteiger partial charge in [-0.25, -0.2) is 5.84 Å². The van der Waals surface area contributed by atoms with Crippen molar-refractivity contribution in [2.45, 2.75) is 0 Å². The smallest absolute Gasteiger partial charge is 0.223 e. The van der Waals surface area contributed by atoms with Gasteiger partial charge in [-0.05, 0) is 12.1 Å². The van der Waals surface area contributed by atoms with E-state index in [-0.39, 0.29) is 5.95 Å². The quantitative estimate of drug-likeness (QED) is 0.510. The van der Waals surface area contributed by atoms with Crippen LogP contribution in [0, 0.1) is 0 Å². The molecule has 0 radical (unpaired) electrons. The van der Waals surface area contributed by atoms with E-state index in [1.54, 1.807) is 24.3 Å². The summed E-state index contributed by atoms with van der Waals surface area (Å²) in [6, 6.07) is 6.81. The number of rotatable bonds is 3. The van der Waals surface area contributed by atoms with Crippen LogP contribution in [0.2, 0.25) is 10.0 Å². The van der Waals surface area contributed by atoms with Gasteiger partial charge in [0.25, 0.3) is 0 Å². The van der Waals surface area contributed by atoms with E-state index in [1.165, 1.54) is 0 Å². The minimum Gasteiger partial charge on any atom is -0.368 e. The van der Waals surface area contributed by atoms with Crippen LogP contribution in [0.1, 0.15) is 0 Å². The van der Waals surface area contributed by atoms with Crippen LogP contribution in [0.15, 0.2) is 24.3 Å². The second-order valence-electron chi connectivity index (χ2n) is 3.37. The first-order valence-electron chi connectivity index (χ1n) is 4.92. The van der Waals surface area contributed by atoms with E-state index in [2.05, 4.69) is 20.7 Å². The number of anilines is 4. The van der Waals surface area contributed by atoms with E-state index in [0.29, 0.717) is 27.4 Å². The SMILES string of the molecule is NNc1cc(Nc2cccc(Cl)c2Cl)nc(N)n1. The number of aromatic nitrogens is 2. The van der Waals surface area contributed by atoms with E-state index < -0.39 is 0 Å². The molecule has 6 N–H and O–H groups in total. The maximum absolute atomic E-state index is 6.05. The molecule has 0 spiro atoms. The number of nitrogens with one attached hydrogen (secondary N) is 2. The van der Waals surface area contributed by atoms with Gasteiger partial charge in [-0.3, -0.25) is 0 Å². The first kappa shape index (κ1) is 12.7. The van der Waals surface area contributed by atoms with Gasteiger partial charge in [-0.2, -0.15) is 9.97 Å². The molecule has 8 heteroatoms. The lowest BCUT2D eigenvalue weighted by Crippen LogP contribution is -2.11. The first-order valence-corrected chi connectivity index (χ1v) is 5.68. The molecule has 0 saturated heterocycles. The van der Waals surface area contributed by atoms with Gasteiger partial charge in [0, 0.05) is 6.07 Å². The molecule has 0 atom stereocenters. The van der Waals surface area contributed by atoms with E-state index in [0.717, 1.165) is 0 Å². The molecule has 0 bridgehead atoms. The maximum atomic E-state index is 6.05. The van der Waals surface area contributed by atoms with Crippen LogP contribution in [0.5, 0.6) is 0 Å². The summed E-state index contributed by atoms with van der Waals surface area (Å²) in [7, 11) is 0. The number of benzene rings is 1. The molecule has 18 heavy (non-hydrogen) atoms. The van der Waals surface area contributed by atoms with Crippen molar-refractivity contribution < 1.29 is 0 Å². The fraction of sp³-hybridized carbons (Fsp3) is 0. The molecule has 2 aromatic rings. The van der Waals surface area contributed by atoms with Crippen molar-refractivity contribution in [1.29, 1.82) is 0 Å². The molecule has 6 nitrogen and oxygen atoms in total. The number of halogens is 2. The lowest BCUT2D eigenvalue weighted by atomic mass is 10.3. The molecule has 0 unspecified atom stereocenters. The zero-order chi connectivity index (χ0) is 13.1. The Morgan fingerprint density at radius 2 is 1.83 bits per heavy atom. The van der Waals surface area contributed by atoms with Crippen molar-refractivity contribution in [2.24, 2.45) is 5.84 Å². The lowest BCUT2D eigenvalue weighted by Gasteiger charge is -2.10. The topological polar surface area (TPSA) is 102 Å². The minimum absolute atomic E-state index is 0.0890. The van der Waals surface area contributed by atoms with Gasteiger partial charge in [0.15, 0.2) is 0 Å². The van der Waals surface area contributed by atoms with Gasteiger partial charge in [0.1, 0.15) is 11.6 Å². The third kappa shape index (κ3) is 2.73. The predicted octanol–water partition coefficient (Wildman–Crippen LogP) is 2.39. The fourth-order valence-corrected chi connectivity index (χ4v) is 1.69. The number of nitrogens with two attached hydrogens (primary N) is 2. The van der Waals surface area contributed by atoms with E-state index in [9.17, 15) is 0 Å². The highest BCUT2D eigenvalue weighted by molar-refractivity contribution is 6.43. The zero-order valence-electron chi connectivity index (χ0n) is 9.11. The molecule has 1 aromatic carbocycles. The van der Waals surface area contributed by atoms with Gasteiger partial charge in [0.05, 0.1) is 15.7 Å². The predicted molar refractivity (Wildman–Crippen MR) is 74.0 cm³/mol. The molecule has 2 rings (SSSR count). The zero-order valence-corrected chi connectivity index (χ0v) is 10.6. The summed E-state index contributed by atoms with van der Waals surface area (Å²) in [6.45, 7) is 0. The summed E-state index contributed by atoms with van der Waals surface area (Å²) in [5.74, 6) is 6.20. The summed E-state index contributed by atoms with van der Waals surface area (Å²) < 4.78 is 0. The molecule has 1 heterocycles. The molecule has 0 aliphatic heterocycles. The van der Waals surface area contributed by atoms with Crippen LogP contribution in [0.4, 0.5) is 23.3 Å². The van der Waals surface area contributed by atoms with Gasteiger partial charge in [-0.1, -0.05) is 29.3 Å². The van der Waals surface area contributed by atoms with Gasteiger partial charge in [0.2, 0.25) is 5.95 Å². The Morgan fingerprint density at radius 1 is 1.11 bits per heavy atom. The Morgan fingerprint density at radius 3 is 2.56 bits per heavy atom. The summed E-state index contributed by atoms with van der Waals surface area (Å²) in [5.41, 5.74) is 8.55. The minimum atomic E-state index is 0.0890. The standard InChI is InChI=1S/C10H10Cl2N6/c11-5-2-1-3-6(9(5)12)15-7-4-8(18-14)17-10(13)16-7/h1-4H,14H2,(H4,13,15,16,17,18). The molecule has 0 aliphatic carbocycles. The summed E-state index contributed by atoms with van der Waals surface area (Å²) in [6.07, 6.45) is 0.